The highest BCUT2D eigenvalue weighted by atomic mass is 35.5. The Balaban J connectivity index is 1.63. The summed E-state index contributed by atoms with van der Waals surface area (Å²) >= 11 is 12.6. The normalized spacial score (nSPS) is 17.3. The Labute approximate surface area is 200 Å². The van der Waals surface area contributed by atoms with Crippen molar-refractivity contribution in [2.24, 2.45) is 0 Å². The maximum Gasteiger partial charge on any atom is 0.257 e. The standard InChI is InChI=1S/C23H18Cl2N4O3S/c24-15-7-5-14(6-8-15)21-18(17-3-1-2-4-20(17)25)11-26-22-19(12-27-29(21)22)23(30)28-16-9-10-33(31,32)13-16/h1-8,11-12,16H,9-10,13H2,(H,28,30). The lowest BCUT2D eigenvalue weighted by Gasteiger charge is -2.14. The zero-order chi connectivity index (χ0) is 23.2. The molecule has 1 N–H and O–H groups in total. The Morgan fingerprint density at radius 3 is 2.48 bits per heavy atom. The van der Waals surface area contributed by atoms with Gasteiger partial charge < -0.3 is 5.32 Å². The van der Waals surface area contributed by atoms with E-state index >= 15 is 0 Å². The van der Waals surface area contributed by atoms with Crippen LogP contribution in [0.25, 0.3) is 28.0 Å². The van der Waals surface area contributed by atoms with E-state index in [2.05, 4.69) is 15.4 Å². The molecule has 2 aromatic heterocycles. The molecule has 2 aromatic carbocycles. The first-order chi connectivity index (χ1) is 15.8. The molecule has 10 heteroatoms. The predicted octanol–water partition coefficient (Wildman–Crippen LogP) is 4.29. The number of benzene rings is 2. The molecule has 33 heavy (non-hydrogen) atoms. The molecule has 1 unspecified atom stereocenters. The molecule has 1 fully saturated rings. The monoisotopic (exact) mass is 500 g/mol. The summed E-state index contributed by atoms with van der Waals surface area (Å²) in [6.07, 6.45) is 3.50. The van der Waals surface area contributed by atoms with Gasteiger partial charge in [-0.2, -0.15) is 5.10 Å². The van der Waals surface area contributed by atoms with Gasteiger partial charge in [-0.25, -0.2) is 17.9 Å². The summed E-state index contributed by atoms with van der Waals surface area (Å²) < 4.78 is 25.1. The molecule has 0 radical (unpaired) electrons. The van der Waals surface area contributed by atoms with Gasteiger partial charge in [0.05, 0.1) is 23.4 Å². The minimum Gasteiger partial charge on any atom is -0.348 e. The summed E-state index contributed by atoms with van der Waals surface area (Å²) in [6.45, 7) is 0. The average Bonchev–Trinajstić information content (AvgIpc) is 3.37. The summed E-state index contributed by atoms with van der Waals surface area (Å²) in [6, 6.07) is 14.3. The van der Waals surface area contributed by atoms with Crippen molar-refractivity contribution in [3.8, 4) is 22.4 Å². The molecular formula is C23H18Cl2N4O3S. The largest absolute Gasteiger partial charge is 0.348 e. The fraction of sp³-hybridized carbons (Fsp3) is 0.174. The van der Waals surface area contributed by atoms with Crippen LogP contribution >= 0.6 is 23.2 Å². The lowest BCUT2D eigenvalue weighted by Crippen LogP contribution is -2.35. The van der Waals surface area contributed by atoms with E-state index in [1.807, 2.05) is 30.3 Å². The number of aromatic nitrogens is 3. The molecule has 1 saturated heterocycles. The molecule has 0 aliphatic carbocycles. The third-order valence-electron chi connectivity index (χ3n) is 5.62. The Morgan fingerprint density at radius 1 is 1.03 bits per heavy atom. The van der Waals surface area contributed by atoms with Gasteiger partial charge in [0, 0.05) is 39.0 Å². The smallest absolute Gasteiger partial charge is 0.257 e. The van der Waals surface area contributed by atoms with Crippen molar-refractivity contribution in [3.63, 3.8) is 0 Å². The van der Waals surface area contributed by atoms with Crippen LogP contribution in [0.5, 0.6) is 0 Å². The second-order valence-corrected chi connectivity index (χ2v) is 10.9. The SMILES string of the molecule is O=C(NC1CCS(=O)(=O)C1)c1cnn2c(-c3ccc(Cl)cc3)c(-c3ccccc3Cl)cnc12. The van der Waals surface area contributed by atoms with Gasteiger partial charge in [0.25, 0.3) is 5.91 Å². The highest BCUT2D eigenvalue weighted by Crippen LogP contribution is 2.36. The van der Waals surface area contributed by atoms with Crippen molar-refractivity contribution in [1.29, 1.82) is 0 Å². The minimum atomic E-state index is -3.11. The fourth-order valence-corrected chi connectivity index (χ4v) is 6.06. The molecule has 168 valence electrons. The van der Waals surface area contributed by atoms with Crippen LogP contribution in [0.3, 0.4) is 0 Å². The molecule has 0 spiro atoms. The molecule has 0 bridgehead atoms. The average molecular weight is 501 g/mol. The lowest BCUT2D eigenvalue weighted by molar-refractivity contribution is 0.0942. The fourth-order valence-electron chi connectivity index (χ4n) is 4.03. The van der Waals surface area contributed by atoms with Crippen LogP contribution in [0, 0.1) is 0 Å². The summed E-state index contributed by atoms with van der Waals surface area (Å²) in [4.78, 5) is 17.5. The highest BCUT2D eigenvalue weighted by molar-refractivity contribution is 7.91. The summed E-state index contributed by atoms with van der Waals surface area (Å²) in [7, 11) is -3.11. The van der Waals surface area contributed by atoms with Crippen LogP contribution in [-0.2, 0) is 9.84 Å². The molecule has 0 saturated carbocycles. The first-order valence-electron chi connectivity index (χ1n) is 10.2. The Hall–Kier alpha value is -2.94. The molecular weight excluding hydrogens is 483 g/mol. The van der Waals surface area contributed by atoms with Crippen LogP contribution in [0.4, 0.5) is 0 Å². The number of amides is 1. The lowest BCUT2D eigenvalue weighted by atomic mass is 10.0. The van der Waals surface area contributed by atoms with Crippen molar-refractivity contribution in [2.45, 2.75) is 12.5 Å². The number of carbonyl (C=O) groups excluding carboxylic acids is 1. The quantitative estimate of drug-likeness (QED) is 0.451. The topological polar surface area (TPSA) is 93.4 Å². The van der Waals surface area contributed by atoms with Gasteiger partial charge in [-0.1, -0.05) is 53.5 Å². The van der Waals surface area contributed by atoms with E-state index in [1.165, 1.54) is 6.20 Å². The summed E-state index contributed by atoms with van der Waals surface area (Å²) in [5, 5.41) is 8.41. The molecule has 1 amide bonds. The van der Waals surface area contributed by atoms with E-state index in [-0.39, 0.29) is 17.1 Å². The number of sulfone groups is 1. The number of fused-ring (bicyclic) bond motifs is 1. The maximum atomic E-state index is 13.0. The van der Waals surface area contributed by atoms with Gasteiger partial charge in [0.1, 0.15) is 5.56 Å². The van der Waals surface area contributed by atoms with E-state index in [0.29, 0.717) is 27.8 Å². The van der Waals surface area contributed by atoms with Gasteiger partial charge in [-0.15, -0.1) is 0 Å². The van der Waals surface area contributed by atoms with Crippen LogP contribution in [0.1, 0.15) is 16.8 Å². The first-order valence-corrected chi connectivity index (χ1v) is 12.8. The summed E-state index contributed by atoms with van der Waals surface area (Å²) in [5.74, 6) is -0.391. The third-order valence-corrected chi connectivity index (χ3v) is 7.97. The molecule has 3 heterocycles. The minimum absolute atomic E-state index is 0.0575. The number of rotatable bonds is 4. The van der Waals surface area contributed by atoms with Gasteiger partial charge in [-0.3, -0.25) is 4.79 Å². The number of halogens is 2. The maximum absolute atomic E-state index is 13.0. The molecule has 1 atom stereocenters. The van der Waals surface area contributed by atoms with Gasteiger partial charge in [-0.05, 0) is 24.6 Å². The van der Waals surface area contributed by atoms with Crippen molar-refractivity contribution < 1.29 is 13.2 Å². The van der Waals surface area contributed by atoms with Gasteiger partial charge >= 0.3 is 0 Å². The molecule has 1 aliphatic rings. The highest BCUT2D eigenvalue weighted by Gasteiger charge is 2.30. The molecule has 1 aliphatic heterocycles. The third kappa shape index (κ3) is 4.21. The molecule has 4 aromatic rings. The number of hydrogen-bond acceptors (Lipinski definition) is 5. The second kappa shape index (κ2) is 8.44. The Morgan fingerprint density at radius 2 is 1.79 bits per heavy atom. The van der Waals surface area contributed by atoms with Crippen LogP contribution in [0.2, 0.25) is 10.0 Å². The van der Waals surface area contributed by atoms with Crippen LogP contribution in [0.15, 0.2) is 60.9 Å². The zero-order valence-corrected chi connectivity index (χ0v) is 19.5. The number of carbonyl (C=O) groups is 1. The van der Waals surface area contributed by atoms with E-state index < -0.39 is 21.8 Å². The van der Waals surface area contributed by atoms with Crippen molar-refractivity contribution >= 4 is 44.6 Å². The Kier molecular flexibility index (Phi) is 5.60. The van der Waals surface area contributed by atoms with Crippen LogP contribution < -0.4 is 5.32 Å². The van der Waals surface area contributed by atoms with Gasteiger partial charge in [0.15, 0.2) is 15.5 Å². The first kappa shape index (κ1) is 21.9. The Bertz CT molecular complexity index is 1480. The molecule has 5 rings (SSSR count). The number of nitrogens with zero attached hydrogens (tertiary/aromatic N) is 3. The van der Waals surface area contributed by atoms with E-state index in [1.54, 1.807) is 28.9 Å². The van der Waals surface area contributed by atoms with E-state index in [4.69, 9.17) is 23.2 Å². The van der Waals surface area contributed by atoms with Crippen molar-refractivity contribution in [2.75, 3.05) is 11.5 Å². The second-order valence-electron chi connectivity index (χ2n) is 7.87. The summed E-state index contributed by atoms with van der Waals surface area (Å²) in [5.41, 5.74) is 3.66. The van der Waals surface area contributed by atoms with E-state index in [9.17, 15) is 13.2 Å². The van der Waals surface area contributed by atoms with Crippen molar-refractivity contribution in [1.82, 2.24) is 19.9 Å². The van der Waals surface area contributed by atoms with Gasteiger partial charge in [0.2, 0.25) is 0 Å². The number of nitrogens with one attached hydrogen (secondary N) is 1. The predicted molar refractivity (Wildman–Crippen MR) is 128 cm³/mol. The molecule has 7 nitrogen and oxygen atoms in total. The van der Waals surface area contributed by atoms with Crippen LogP contribution in [-0.4, -0.2) is 46.5 Å². The van der Waals surface area contributed by atoms with E-state index in [0.717, 1.165) is 16.7 Å². The van der Waals surface area contributed by atoms with Crippen molar-refractivity contribution in [3.05, 3.63) is 76.5 Å². The zero-order valence-electron chi connectivity index (χ0n) is 17.2. The number of hydrogen-bond donors (Lipinski definition) is 1.